The molecule has 1 aliphatic rings. The molecule has 0 aromatic heterocycles. The second-order valence-corrected chi connectivity index (χ2v) is 5.16. The van der Waals surface area contributed by atoms with E-state index in [0.29, 0.717) is 0 Å². The van der Waals surface area contributed by atoms with Crippen LogP contribution >= 0.6 is 0 Å². The van der Waals surface area contributed by atoms with Gasteiger partial charge >= 0.3 is 0 Å². The molecule has 0 fully saturated rings. The summed E-state index contributed by atoms with van der Waals surface area (Å²) < 4.78 is 6.20. The van der Waals surface area contributed by atoms with E-state index >= 15 is 0 Å². The Morgan fingerprint density at radius 3 is 2.65 bits per heavy atom. The fourth-order valence-corrected chi connectivity index (χ4v) is 2.24. The van der Waals surface area contributed by atoms with Gasteiger partial charge in [0.25, 0.3) is 0 Å². The van der Waals surface area contributed by atoms with Crippen LogP contribution in [0.4, 0.5) is 0 Å². The van der Waals surface area contributed by atoms with Gasteiger partial charge in [0.05, 0.1) is 0 Å². The van der Waals surface area contributed by atoms with Crippen molar-refractivity contribution in [2.45, 2.75) is 39.7 Å². The fourth-order valence-electron chi connectivity index (χ4n) is 2.24. The molecule has 0 saturated carbocycles. The average Bonchev–Trinajstić information content (AvgIpc) is 2.24. The van der Waals surface area contributed by atoms with Gasteiger partial charge in [0.15, 0.2) is 0 Å². The second kappa shape index (κ2) is 4.40. The lowest BCUT2D eigenvalue weighted by atomic mass is 9.92. The molecule has 0 saturated heterocycles. The van der Waals surface area contributed by atoms with Crippen molar-refractivity contribution in [2.75, 3.05) is 0 Å². The molecule has 0 heterocycles. The van der Waals surface area contributed by atoms with Crippen molar-refractivity contribution in [3.05, 3.63) is 53.1 Å². The molecular weight excluding hydrogens is 208 g/mol. The van der Waals surface area contributed by atoms with Gasteiger partial charge in [-0.2, -0.15) is 0 Å². The maximum Gasteiger partial charge on any atom is 0.128 e. The molecule has 1 aromatic rings. The van der Waals surface area contributed by atoms with Crippen molar-refractivity contribution < 1.29 is 4.74 Å². The molecular formula is C16H20O. The van der Waals surface area contributed by atoms with Crippen LogP contribution in [0.1, 0.15) is 31.4 Å². The van der Waals surface area contributed by atoms with E-state index in [0.717, 1.165) is 12.2 Å². The van der Waals surface area contributed by atoms with Crippen LogP contribution in [-0.4, -0.2) is 5.60 Å². The Balaban J connectivity index is 2.24. The monoisotopic (exact) mass is 228 g/mol. The minimum Gasteiger partial charge on any atom is -0.483 e. The maximum atomic E-state index is 6.20. The van der Waals surface area contributed by atoms with Crippen LogP contribution in [0, 0.1) is 13.8 Å². The first-order chi connectivity index (χ1) is 8.00. The summed E-state index contributed by atoms with van der Waals surface area (Å²) in [6.45, 7) is 8.52. The van der Waals surface area contributed by atoms with Gasteiger partial charge in [-0.3, -0.25) is 0 Å². The van der Waals surface area contributed by atoms with Crippen LogP contribution in [0.2, 0.25) is 0 Å². The molecule has 1 unspecified atom stereocenters. The Bertz CT molecular complexity index is 482. The SMILES string of the molecule is CC1=CC=CC(C)(Oc2cccc(C)c2C)C1. The van der Waals surface area contributed by atoms with Gasteiger partial charge in [0, 0.05) is 6.42 Å². The van der Waals surface area contributed by atoms with Crippen LogP contribution in [-0.2, 0) is 0 Å². The van der Waals surface area contributed by atoms with Gasteiger partial charge in [0.2, 0.25) is 0 Å². The minimum absolute atomic E-state index is 0.211. The van der Waals surface area contributed by atoms with E-state index in [2.05, 4.69) is 64.1 Å². The topological polar surface area (TPSA) is 9.23 Å². The number of rotatable bonds is 2. The summed E-state index contributed by atoms with van der Waals surface area (Å²) in [4.78, 5) is 0. The van der Waals surface area contributed by atoms with Gasteiger partial charge in [-0.15, -0.1) is 0 Å². The Kier molecular flexibility index (Phi) is 3.10. The normalized spacial score (nSPS) is 23.4. The lowest BCUT2D eigenvalue weighted by Crippen LogP contribution is -2.31. The molecule has 1 atom stereocenters. The molecule has 0 radical (unpaired) electrons. The van der Waals surface area contributed by atoms with E-state index in [-0.39, 0.29) is 5.60 Å². The van der Waals surface area contributed by atoms with Gasteiger partial charge in [-0.05, 0) is 51.0 Å². The van der Waals surface area contributed by atoms with Crippen molar-refractivity contribution in [1.82, 2.24) is 0 Å². The minimum atomic E-state index is -0.211. The molecule has 1 heteroatoms. The largest absolute Gasteiger partial charge is 0.483 e. The molecule has 0 aliphatic heterocycles. The van der Waals surface area contributed by atoms with E-state index in [1.165, 1.54) is 16.7 Å². The highest BCUT2D eigenvalue weighted by Crippen LogP contribution is 2.31. The Morgan fingerprint density at radius 1 is 1.18 bits per heavy atom. The summed E-state index contributed by atoms with van der Waals surface area (Å²) in [5.41, 5.74) is 3.66. The lowest BCUT2D eigenvalue weighted by Gasteiger charge is -2.31. The Hall–Kier alpha value is -1.50. The summed E-state index contributed by atoms with van der Waals surface area (Å²) in [6.07, 6.45) is 7.33. The highest BCUT2D eigenvalue weighted by atomic mass is 16.5. The first-order valence-corrected chi connectivity index (χ1v) is 6.10. The molecule has 0 spiro atoms. The van der Waals surface area contributed by atoms with Crippen LogP contribution < -0.4 is 4.74 Å². The van der Waals surface area contributed by atoms with Crippen LogP contribution in [0.3, 0.4) is 0 Å². The number of ether oxygens (including phenoxy) is 1. The second-order valence-electron chi connectivity index (χ2n) is 5.16. The third kappa shape index (κ3) is 2.60. The van der Waals surface area contributed by atoms with Crippen LogP contribution in [0.5, 0.6) is 5.75 Å². The van der Waals surface area contributed by atoms with Gasteiger partial charge in [-0.1, -0.05) is 29.9 Å². The average molecular weight is 228 g/mol. The fraction of sp³-hybridized carbons (Fsp3) is 0.375. The number of aryl methyl sites for hydroxylation is 1. The van der Waals surface area contributed by atoms with E-state index in [1.54, 1.807) is 0 Å². The Labute approximate surface area is 104 Å². The summed E-state index contributed by atoms with van der Waals surface area (Å²) in [6, 6.07) is 6.22. The number of hydrogen-bond acceptors (Lipinski definition) is 1. The maximum absolute atomic E-state index is 6.20. The quantitative estimate of drug-likeness (QED) is 0.731. The molecule has 0 bridgehead atoms. The molecule has 0 N–H and O–H groups in total. The van der Waals surface area contributed by atoms with Crippen molar-refractivity contribution in [3.8, 4) is 5.75 Å². The molecule has 1 aliphatic carbocycles. The number of hydrogen-bond donors (Lipinski definition) is 0. The summed E-state index contributed by atoms with van der Waals surface area (Å²) in [5.74, 6) is 0.992. The van der Waals surface area contributed by atoms with Crippen molar-refractivity contribution in [2.24, 2.45) is 0 Å². The van der Waals surface area contributed by atoms with E-state index in [4.69, 9.17) is 4.74 Å². The predicted molar refractivity (Wildman–Crippen MR) is 72.5 cm³/mol. The first kappa shape index (κ1) is 12.0. The highest BCUT2D eigenvalue weighted by Gasteiger charge is 2.25. The standard InChI is InChI=1S/C16H20O/c1-12-7-6-10-16(4,11-12)17-15-9-5-8-13(2)14(15)3/h5-10H,11H2,1-4H3. The number of benzene rings is 1. The van der Waals surface area contributed by atoms with E-state index in [9.17, 15) is 0 Å². The molecule has 1 aromatic carbocycles. The predicted octanol–water partition coefficient (Wildman–Crippen LogP) is 4.35. The van der Waals surface area contributed by atoms with E-state index in [1.807, 2.05) is 0 Å². The molecule has 0 amide bonds. The molecule has 17 heavy (non-hydrogen) atoms. The molecule has 90 valence electrons. The molecule has 1 nitrogen and oxygen atoms in total. The summed E-state index contributed by atoms with van der Waals surface area (Å²) in [5, 5.41) is 0. The zero-order valence-electron chi connectivity index (χ0n) is 11.1. The van der Waals surface area contributed by atoms with Crippen LogP contribution in [0.15, 0.2) is 42.0 Å². The lowest BCUT2D eigenvalue weighted by molar-refractivity contribution is 0.138. The van der Waals surface area contributed by atoms with Gasteiger partial charge in [0.1, 0.15) is 11.4 Å². The highest BCUT2D eigenvalue weighted by molar-refractivity contribution is 5.39. The number of allylic oxidation sites excluding steroid dienone is 2. The summed E-state index contributed by atoms with van der Waals surface area (Å²) in [7, 11) is 0. The zero-order chi connectivity index (χ0) is 12.5. The molecule has 2 rings (SSSR count). The van der Waals surface area contributed by atoms with Gasteiger partial charge in [-0.25, -0.2) is 0 Å². The summed E-state index contributed by atoms with van der Waals surface area (Å²) >= 11 is 0. The third-order valence-corrected chi connectivity index (χ3v) is 3.36. The van der Waals surface area contributed by atoms with E-state index < -0.39 is 0 Å². The van der Waals surface area contributed by atoms with Crippen LogP contribution in [0.25, 0.3) is 0 Å². The van der Waals surface area contributed by atoms with Crippen molar-refractivity contribution in [1.29, 1.82) is 0 Å². The van der Waals surface area contributed by atoms with Crippen molar-refractivity contribution in [3.63, 3.8) is 0 Å². The smallest absolute Gasteiger partial charge is 0.128 e. The third-order valence-electron chi connectivity index (χ3n) is 3.36. The Morgan fingerprint density at radius 2 is 1.94 bits per heavy atom. The van der Waals surface area contributed by atoms with Gasteiger partial charge < -0.3 is 4.74 Å². The zero-order valence-corrected chi connectivity index (χ0v) is 11.1. The first-order valence-electron chi connectivity index (χ1n) is 6.10. The van der Waals surface area contributed by atoms with Crippen molar-refractivity contribution >= 4 is 0 Å².